The highest BCUT2D eigenvalue weighted by Crippen LogP contribution is 2.38. The van der Waals surface area contributed by atoms with Crippen LogP contribution in [0.4, 0.5) is 30.2 Å². The lowest BCUT2D eigenvalue weighted by Crippen LogP contribution is -2.49. The van der Waals surface area contributed by atoms with Crippen LogP contribution in [0.5, 0.6) is 5.75 Å². The van der Waals surface area contributed by atoms with Crippen LogP contribution < -0.4 is 15.0 Å². The van der Waals surface area contributed by atoms with Crippen LogP contribution in [-0.4, -0.2) is 59.0 Å². The summed E-state index contributed by atoms with van der Waals surface area (Å²) in [5.41, 5.74) is -1.11. The Morgan fingerprint density at radius 2 is 1.75 bits per heavy atom. The maximum atomic E-state index is 13.3. The highest BCUT2D eigenvalue weighted by atomic mass is 19.4. The summed E-state index contributed by atoms with van der Waals surface area (Å²) in [5.74, 6) is 0.840. The minimum atomic E-state index is -4.81. The van der Waals surface area contributed by atoms with E-state index in [2.05, 4.69) is 36.0 Å². The van der Waals surface area contributed by atoms with E-state index in [0.717, 1.165) is 30.9 Å². The molecule has 218 valence electrons. The van der Waals surface area contributed by atoms with Crippen molar-refractivity contribution in [2.24, 2.45) is 5.41 Å². The van der Waals surface area contributed by atoms with Crippen molar-refractivity contribution in [2.45, 2.75) is 71.2 Å². The van der Waals surface area contributed by atoms with Crippen LogP contribution >= 0.6 is 0 Å². The van der Waals surface area contributed by atoms with Gasteiger partial charge in [0.05, 0.1) is 29.1 Å². The lowest BCUT2D eigenvalue weighted by Gasteiger charge is -2.37. The molecule has 12 heteroatoms. The molecule has 0 spiro atoms. The number of rotatable bonds is 7. The average Bonchev–Trinajstić information content (AvgIpc) is 2.88. The number of nitro groups is 1. The second-order valence-electron chi connectivity index (χ2n) is 11.7. The van der Waals surface area contributed by atoms with Crippen molar-refractivity contribution in [3.63, 3.8) is 0 Å². The van der Waals surface area contributed by atoms with E-state index in [4.69, 9.17) is 4.74 Å². The number of benzene rings is 1. The molecule has 4 rings (SSSR count). The van der Waals surface area contributed by atoms with Gasteiger partial charge in [0, 0.05) is 56.5 Å². The van der Waals surface area contributed by atoms with E-state index in [9.17, 15) is 28.1 Å². The van der Waals surface area contributed by atoms with Gasteiger partial charge in [-0.15, -0.1) is 0 Å². The molecular formula is C28H36F3N5O4. The summed E-state index contributed by atoms with van der Waals surface area (Å²) < 4.78 is 46.1. The highest BCUT2D eigenvalue weighted by molar-refractivity contribution is 5.77. The molecule has 0 bridgehead atoms. The Bertz CT molecular complexity index is 1200. The van der Waals surface area contributed by atoms with Crippen LogP contribution in [0.15, 0.2) is 36.7 Å². The van der Waals surface area contributed by atoms with E-state index in [0.29, 0.717) is 50.9 Å². The molecule has 1 aliphatic carbocycles. The first-order valence-corrected chi connectivity index (χ1v) is 13.5. The number of carbonyl (C=O) groups excluding carboxylic acids is 1. The Morgan fingerprint density at radius 1 is 1.07 bits per heavy atom. The number of pyridine rings is 1. The molecule has 1 saturated heterocycles. The minimum absolute atomic E-state index is 0.0413. The number of carbonyl (C=O) groups is 1. The number of alkyl halides is 3. The maximum Gasteiger partial charge on any atom is 0.423 e. The number of nitrogens with zero attached hydrogens (tertiary/aromatic N) is 4. The molecule has 2 aliphatic rings. The van der Waals surface area contributed by atoms with E-state index in [1.165, 1.54) is 6.07 Å². The fraction of sp³-hybridized carbons (Fsp3) is 0.571. The number of hydrogen-bond donors (Lipinski definition) is 1. The third-order valence-electron chi connectivity index (χ3n) is 7.22. The molecule has 1 aliphatic heterocycles. The number of piperazine rings is 1. The Morgan fingerprint density at radius 3 is 2.35 bits per heavy atom. The molecule has 1 aromatic heterocycles. The van der Waals surface area contributed by atoms with E-state index in [1.807, 2.05) is 11.0 Å². The van der Waals surface area contributed by atoms with Gasteiger partial charge in [-0.25, -0.2) is 0 Å². The Hall–Kier alpha value is -3.57. The van der Waals surface area contributed by atoms with Gasteiger partial charge in [-0.2, -0.15) is 13.2 Å². The van der Waals surface area contributed by atoms with Crippen LogP contribution in [0, 0.1) is 15.5 Å². The molecular weight excluding hydrogens is 527 g/mol. The molecule has 1 aromatic carbocycles. The fourth-order valence-electron chi connectivity index (χ4n) is 5.19. The molecule has 1 saturated carbocycles. The number of amides is 1. The molecule has 2 heterocycles. The topological polar surface area (TPSA) is 101 Å². The highest BCUT2D eigenvalue weighted by Gasteiger charge is 2.38. The van der Waals surface area contributed by atoms with Gasteiger partial charge in [0.2, 0.25) is 5.91 Å². The van der Waals surface area contributed by atoms with Gasteiger partial charge in [-0.3, -0.25) is 19.9 Å². The summed E-state index contributed by atoms with van der Waals surface area (Å²) in [4.78, 5) is 31.0. The summed E-state index contributed by atoms with van der Waals surface area (Å²) >= 11 is 0. The molecule has 1 amide bonds. The average molecular weight is 564 g/mol. The smallest absolute Gasteiger partial charge is 0.423 e. The van der Waals surface area contributed by atoms with Crippen molar-refractivity contribution in [1.82, 2.24) is 9.88 Å². The molecule has 2 fully saturated rings. The van der Waals surface area contributed by atoms with E-state index < -0.39 is 22.4 Å². The Labute approximate surface area is 231 Å². The van der Waals surface area contributed by atoms with Crippen LogP contribution in [0.1, 0.15) is 58.4 Å². The summed E-state index contributed by atoms with van der Waals surface area (Å²) in [5, 5.41) is 14.1. The quantitative estimate of drug-likeness (QED) is 0.331. The first-order chi connectivity index (χ1) is 18.8. The second kappa shape index (κ2) is 11.9. The van der Waals surface area contributed by atoms with E-state index in [-0.39, 0.29) is 29.2 Å². The van der Waals surface area contributed by atoms with Crippen LogP contribution in [0.25, 0.3) is 0 Å². The zero-order chi connectivity index (χ0) is 29.1. The van der Waals surface area contributed by atoms with Gasteiger partial charge < -0.3 is 19.9 Å². The standard InChI is InChI=1S/C28H36F3N5O4/c1-27(2,3)16-26(37)35-12-10-34(11-13-35)21-15-23(18-32-17-21)40-22-7-4-19(5-8-22)33-20-6-9-25(36(38)39)24(14-20)28(29,30)31/h6,9,14-15,17-19,22,33H,4-5,7-8,10-13,16H2,1-3H3/t19-,22-. The molecule has 0 radical (unpaired) electrons. The van der Waals surface area contributed by atoms with Crippen molar-refractivity contribution in [3.05, 3.63) is 52.3 Å². The largest absolute Gasteiger partial charge is 0.489 e. The number of halogens is 3. The minimum Gasteiger partial charge on any atom is -0.489 e. The summed E-state index contributed by atoms with van der Waals surface area (Å²) in [7, 11) is 0. The molecule has 0 unspecified atom stereocenters. The predicted octanol–water partition coefficient (Wildman–Crippen LogP) is 5.90. The van der Waals surface area contributed by atoms with Gasteiger partial charge in [-0.1, -0.05) is 20.8 Å². The zero-order valence-corrected chi connectivity index (χ0v) is 23.0. The molecule has 1 N–H and O–H groups in total. The van der Waals surface area contributed by atoms with Crippen molar-refractivity contribution in [2.75, 3.05) is 36.4 Å². The number of anilines is 2. The zero-order valence-electron chi connectivity index (χ0n) is 23.0. The summed E-state index contributed by atoms with van der Waals surface area (Å²) in [6, 6.07) is 4.90. The maximum absolute atomic E-state index is 13.3. The van der Waals surface area contributed by atoms with E-state index >= 15 is 0 Å². The first-order valence-electron chi connectivity index (χ1n) is 13.5. The molecule has 40 heavy (non-hydrogen) atoms. The molecule has 9 nitrogen and oxygen atoms in total. The number of nitro benzene ring substituents is 1. The Balaban J connectivity index is 1.28. The number of ether oxygens (including phenoxy) is 1. The first kappa shape index (κ1) is 29.4. The third-order valence-corrected chi connectivity index (χ3v) is 7.22. The number of hydrogen-bond acceptors (Lipinski definition) is 7. The van der Waals surface area contributed by atoms with Crippen molar-refractivity contribution in [3.8, 4) is 5.75 Å². The van der Waals surface area contributed by atoms with Gasteiger partial charge in [0.15, 0.2) is 0 Å². The van der Waals surface area contributed by atoms with Gasteiger partial charge in [0.1, 0.15) is 11.3 Å². The van der Waals surface area contributed by atoms with Crippen molar-refractivity contribution < 1.29 is 27.6 Å². The van der Waals surface area contributed by atoms with Crippen LogP contribution in [0.2, 0.25) is 0 Å². The van der Waals surface area contributed by atoms with Crippen molar-refractivity contribution in [1.29, 1.82) is 0 Å². The number of nitrogens with one attached hydrogen (secondary N) is 1. The van der Waals surface area contributed by atoms with Gasteiger partial charge >= 0.3 is 6.18 Å². The predicted molar refractivity (Wildman–Crippen MR) is 145 cm³/mol. The van der Waals surface area contributed by atoms with Gasteiger partial charge in [-0.05, 0) is 43.2 Å². The summed E-state index contributed by atoms with van der Waals surface area (Å²) in [6.07, 6.45) is 1.90. The third kappa shape index (κ3) is 7.76. The van der Waals surface area contributed by atoms with E-state index in [1.54, 1.807) is 12.4 Å². The molecule has 0 atom stereocenters. The summed E-state index contributed by atoms with van der Waals surface area (Å²) in [6.45, 7) is 8.95. The fourth-order valence-corrected chi connectivity index (χ4v) is 5.19. The monoisotopic (exact) mass is 563 g/mol. The van der Waals surface area contributed by atoms with Crippen LogP contribution in [0.3, 0.4) is 0 Å². The van der Waals surface area contributed by atoms with Crippen LogP contribution in [-0.2, 0) is 11.0 Å². The Kier molecular flexibility index (Phi) is 8.74. The number of aromatic nitrogens is 1. The normalized spacial score (nSPS) is 20.2. The molecule has 2 aromatic rings. The SMILES string of the molecule is CC(C)(C)CC(=O)N1CCN(c2cncc(O[C@H]3CC[C@H](Nc4ccc([N+](=O)[O-])c(C(F)(F)F)c4)CC3)c2)CC1. The van der Waals surface area contributed by atoms with Gasteiger partial charge in [0.25, 0.3) is 5.69 Å². The second-order valence-corrected chi connectivity index (χ2v) is 11.7. The lowest BCUT2D eigenvalue weighted by molar-refractivity contribution is -0.388. The lowest BCUT2D eigenvalue weighted by atomic mass is 9.91. The van der Waals surface area contributed by atoms with Crippen molar-refractivity contribution >= 4 is 23.0 Å².